The van der Waals surface area contributed by atoms with Crippen molar-refractivity contribution in [2.75, 3.05) is 20.8 Å². The normalized spacial score (nSPS) is 10.1. The summed E-state index contributed by atoms with van der Waals surface area (Å²) in [6, 6.07) is 5.20. The van der Waals surface area contributed by atoms with E-state index in [9.17, 15) is 4.79 Å². The van der Waals surface area contributed by atoms with Crippen molar-refractivity contribution < 1.29 is 9.47 Å². The Labute approximate surface area is 145 Å². The van der Waals surface area contributed by atoms with Gasteiger partial charge in [-0.1, -0.05) is 0 Å². The first-order chi connectivity index (χ1) is 10.5. The van der Waals surface area contributed by atoms with Gasteiger partial charge in [0.2, 0.25) is 0 Å². The van der Waals surface area contributed by atoms with Crippen molar-refractivity contribution in [2.45, 2.75) is 13.5 Å². The predicted octanol–water partition coefficient (Wildman–Crippen LogP) is 2.28. The van der Waals surface area contributed by atoms with Crippen molar-refractivity contribution in [3.05, 3.63) is 38.9 Å². The average molecular weight is 358 g/mol. The van der Waals surface area contributed by atoms with Crippen molar-refractivity contribution in [1.29, 1.82) is 0 Å². The van der Waals surface area contributed by atoms with Gasteiger partial charge < -0.3 is 19.8 Å². The first-order valence-electron chi connectivity index (χ1n) is 6.79. The summed E-state index contributed by atoms with van der Waals surface area (Å²) in [5, 5.41) is 0. The molecule has 2 rings (SSSR count). The molecular formula is C15H20ClN3O3S. The lowest BCUT2D eigenvalue weighted by molar-refractivity contribution is 0.393. The summed E-state index contributed by atoms with van der Waals surface area (Å²) in [4.78, 5) is 14.4. The molecule has 0 saturated carbocycles. The Kier molecular flexibility index (Phi) is 6.80. The van der Waals surface area contributed by atoms with Crippen LogP contribution in [0.15, 0.2) is 23.0 Å². The van der Waals surface area contributed by atoms with Crippen LogP contribution in [0.1, 0.15) is 5.56 Å². The van der Waals surface area contributed by atoms with Gasteiger partial charge >= 0.3 is 0 Å². The van der Waals surface area contributed by atoms with E-state index >= 15 is 0 Å². The van der Waals surface area contributed by atoms with E-state index < -0.39 is 0 Å². The van der Waals surface area contributed by atoms with Crippen LogP contribution in [0.25, 0.3) is 11.3 Å². The highest BCUT2D eigenvalue weighted by atomic mass is 35.5. The Morgan fingerprint density at radius 2 is 1.87 bits per heavy atom. The number of H-pyrrole nitrogens is 1. The minimum atomic E-state index is -0.260. The Balaban J connectivity index is 0.00000264. The molecule has 0 saturated heterocycles. The third-order valence-electron chi connectivity index (χ3n) is 3.38. The smallest absolute Gasteiger partial charge is 0.252 e. The minimum Gasteiger partial charge on any atom is -0.496 e. The van der Waals surface area contributed by atoms with Crippen LogP contribution in [0, 0.1) is 11.7 Å². The predicted molar refractivity (Wildman–Crippen MR) is 95.5 cm³/mol. The highest BCUT2D eigenvalue weighted by Gasteiger charge is 2.14. The summed E-state index contributed by atoms with van der Waals surface area (Å²) in [5.41, 5.74) is 7.76. The van der Waals surface area contributed by atoms with Crippen molar-refractivity contribution in [3.8, 4) is 22.8 Å². The highest BCUT2D eigenvalue weighted by Crippen LogP contribution is 2.35. The fourth-order valence-electron chi connectivity index (χ4n) is 2.35. The van der Waals surface area contributed by atoms with Gasteiger partial charge in [-0.2, -0.15) is 0 Å². The second-order valence-corrected chi connectivity index (χ2v) is 5.17. The van der Waals surface area contributed by atoms with Crippen LogP contribution in [0.5, 0.6) is 11.5 Å². The van der Waals surface area contributed by atoms with Crippen molar-refractivity contribution in [2.24, 2.45) is 5.73 Å². The lowest BCUT2D eigenvalue weighted by atomic mass is 10.1. The molecule has 0 bridgehead atoms. The number of nitrogens with zero attached hydrogens (tertiary/aromatic N) is 1. The molecule has 0 radical (unpaired) electrons. The SMILES string of the molecule is COc1cc(OC)c(-c2cc(=O)[nH]c(=S)n2CCN)cc1C.Cl. The van der Waals surface area contributed by atoms with Crippen molar-refractivity contribution >= 4 is 24.6 Å². The van der Waals surface area contributed by atoms with E-state index in [0.717, 1.165) is 16.9 Å². The van der Waals surface area contributed by atoms with Gasteiger partial charge in [-0.25, -0.2) is 0 Å². The van der Waals surface area contributed by atoms with Crippen LogP contribution >= 0.6 is 24.6 Å². The topological polar surface area (TPSA) is 82.3 Å². The molecule has 0 unspecified atom stereocenters. The molecule has 23 heavy (non-hydrogen) atoms. The summed E-state index contributed by atoms with van der Waals surface area (Å²) in [5.74, 6) is 1.32. The molecule has 0 aliphatic carbocycles. The number of benzene rings is 1. The molecule has 8 heteroatoms. The third kappa shape index (κ3) is 3.93. The molecular weight excluding hydrogens is 338 g/mol. The first kappa shape index (κ1) is 19.2. The van der Waals surface area contributed by atoms with Crippen LogP contribution < -0.4 is 20.8 Å². The second kappa shape index (κ2) is 8.14. The standard InChI is InChI=1S/C15H19N3O3S.ClH/c1-9-6-10(13(21-3)8-12(9)20-2)11-7-14(19)17-15(22)18(11)5-4-16;/h6-8H,4-5,16H2,1-3H3,(H,17,19,22);1H. The van der Waals surface area contributed by atoms with Gasteiger partial charge in [-0.3, -0.25) is 9.78 Å². The molecule has 1 aromatic heterocycles. The molecule has 3 N–H and O–H groups in total. The molecule has 1 heterocycles. The maximum atomic E-state index is 11.8. The van der Waals surface area contributed by atoms with Gasteiger partial charge in [0, 0.05) is 30.8 Å². The highest BCUT2D eigenvalue weighted by molar-refractivity contribution is 7.71. The molecule has 0 aliphatic rings. The van der Waals surface area contributed by atoms with E-state index in [4.69, 9.17) is 27.4 Å². The minimum absolute atomic E-state index is 0. The second-order valence-electron chi connectivity index (χ2n) is 4.79. The van der Waals surface area contributed by atoms with Gasteiger partial charge in [-0.05, 0) is 30.8 Å². The van der Waals surface area contributed by atoms with Gasteiger partial charge in [0.15, 0.2) is 4.77 Å². The molecule has 0 spiro atoms. The summed E-state index contributed by atoms with van der Waals surface area (Å²) in [7, 11) is 3.17. The Hall–Kier alpha value is -1.83. The maximum Gasteiger partial charge on any atom is 0.252 e. The molecule has 0 aliphatic heterocycles. The van der Waals surface area contributed by atoms with Gasteiger partial charge in [0.1, 0.15) is 11.5 Å². The zero-order chi connectivity index (χ0) is 16.3. The van der Waals surface area contributed by atoms with Crippen LogP contribution in [-0.2, 0) is 6.54 Å². The number of methoxy groups -OCH3 is 2. The third-order valence-corrected chi connectivity index (χ3v) is 3.70. The molecule has 0 fully saturated rings. The maximum absolute atomic E-state index is 11.8. The number of rotatable bonds is 5. The van der Waals surface area contributed by atoms with Gasteiger partial charge in [0.25, 0.3) is 5.56 Å². The molecule has 6 nitrogen and oxygen atoms in total. The number of nitrogens with one attached hydrogen (secondary N) is 1. The van der Waals surface area contributed by atoms with Crippen molar-refractivity contribution in [3.63, 3.8) is 0 Å². The van der Waals surface area contributed by atoms with Crippen LogP contribution in [0.3, 0.4) is 0 Å². The molecule has 126 valence electrons. The number of nitrogens with two attached hydrogens (primary N) is 1. The van der Waals surface area contributed by atoms with E-state index in [0.29, 0.717) is 29.3 Å². The fourth-order valence-corrected chi connectivity index (χ4v) is 2.64. The number of aromatic amines is 1. The van der Waals surface area contributed by atoms with E-state index in [1.807, 2.05) is 13.0 Å². The lowest BCUT2D eigenvalue weighted by Gasteiger charge is -2.17. The lowest BCUT2D eigenvalue weighted by Crippen LogP contribution is -2.19. The monoisotopic (exact) mass is 357 g/mol. The largest absolute Gasteiger partial charge is 0.496 e. The first-order valence-corrected chi connectivity index (χ1v) is 7.19. The Morgan fingerprint density at radius 1 is 1.22 bits per heavy atom. The Morgan fingerprint density at radius 3 is 2.43 bits per heavy atom. The summed E-state index contributed by atoms with van der Waals surface area (Å²) in [6.07, 6.45) is 0. The number of hydrogen-bond acceptors (Lipinski definition) is 5. The fraction of sp³-hybridized carbons (Fsp3) is 0.333. The number of halogens is 1. The van der Waals surface area contributed by atoms with E-state index in [2.05, 4.69) is 4.98 Å². The summed E-state index contributed by atoms with van der Waals surface area (Å²) in [6.45, 7) is 2.83. The summed E-state index contributed by atoms with van der Waals surface area (Å²) >= 11 is 5.24. The zero-order valence-electron chi connectivity index (χ0n) is 13.2. The molecule has 2 aromatic rings. The Bertz CT molecular complexity index is 802. The average Bonchev–Trinajstić information content (AvgIpc) is 2.49. The summed E-state index contributed by atoms with van der Waals surface area (Å²) < 4.78 is 12.9. The van der Waals surface area contributed by atoms with E-state index in [1.54, 1.807) is 24.9 Å². The molecule has 1 aromatic carbocycles. The quantitative estimate of drug-likeness (QED) is 0.802. The number of hydrogen-bond donors (Lipinski definition) is 2. The van der Waals surface area contributed by atoms with Crippen LogP contribution in [0.2, 0.25) is 0 Å². The van der Waals surface area contributed by atoms with Crippen LogP contribution in [-0.4, -0.2) is 30.3 Å². The number of ether oxygens (including phenoxy) is 2. The van der Waals surface area contributed by atoms with E-state index in [1.165, 1.54) is 6.07 Å². The number of aryl methyl sites for hydroxylation is 1. The molecule has 0 atom stereocenters. The van der Waals surface area contributed by atoms with Crippen LogP contribution in [0.4, 0.5) is 0 Å². The van der Waals surface area contributed by atoms with E-state index in [-0.39, 0.29) is 18.0 Å². The van der Waals surface area contributed by atoms with Gasteiger partial charge in [0.05, 0.1) is 19.9 Å². The van der Waals surface area contributed by atoms with Crippen molar-refractivity contribution in [1.82, 2.24) is 9.55 Å². The number of aromatic nitrogens is 2. The molecule has 0 amide bonds. The zero-order valence-corrected chi connectivity index (χ0v) is 14.8. The van der Waals surface area contributed by atoms with Gasteiger partial charge in [-0.15, -0.1) is 12.4 Å².